The molecule has 0 bridgehead atoms. The Morgan fingerprint density at radius 2 is 0.958 bits per heavy atom. The predicted octanol–water partition coefficient (Wildman–Crippen LogP) is 0.897. The van der Waals surface area contributed by atoms with Crippen molar-refractivity contribution >= 4 is 71.2 Å². The molecule has 0 aliphatic rings. The number of carbonyl (C=O) groups is 2. The van der Waals surface area contributed by atoms with Gasteiger partial charge in [0.15, 0.2) is 0 Å². The zero-order valence-electron chi connectivity index (χ0n) is 12.2. The van der Waals surface area contributed by atoms with Crippen LogP contribution in [0.3, 0.4) is 0 Å². The predicted molar refractivity (Wildman–Crippen MR) is 79.9 cm³/mol. The van der Waals surface area contributed by atoms with Crippen LogP contribution >= 0.6 is 0 Å². The van der Waals surface area contributed by atoms with Crippen molar-refractivity contribution in [3.8, 4) is 0 Å². The van der Waals surface area contributed by atoms with Crippen LogP contribution < -0.4 is 0 Å². The van der Waals surface area contributed by atoms with Crippen LogP contribution in [-0.2, 0) is 20.2 Å². The first-order valence-electron chi connectivity index (χ1n) is 5.97. The summed E-state index contributed by atoms with van der Waals surface area (Å²) in [6, 6.07) is 16.6. The molecule has 122 valence electrons. The Bertz CT molecular complexity index is 687. The first-order valence-corrected chi connectivity index (χ1v) is 7.30. The van der Waals surface area contributed by atoms with Crippen LogP contribution in [0.15, 0.2) is 60.7 Å². The molecule has 10 heteroatoms. The second kappa shape index (κ2) is 11.4. The number of hydrogen-bond donors (Lipinski definition) is 0. The average Bonchev–Trinajstić information content (AvgIpc) is 2.52. The van der Waals surface area contributed by atoms with Gasteiger partial charge in [-0.05, 0) is 24.3 Å². The average molecular weight is 476 g/mol. The molecule has 0 aliphatic carbocycles. The molecule has 24 heavy (non-hydrogen) atoms. The monoisotopic (exact) mass is 476 g/mol. The van der Waals surface area contributed by atoms with E-state index >= 15 is 0 Å². The van der Waals surface area contributed by atoms with Gasteiger partial charge in [-0.2, -0.15) is 0 Å². The summed E-state index contributed by atoms with van der Waals surface area (Å²) < 4.78 is 34.1. The van der Waals surface area contributed by atoms with Gasteiger partial charge in [0, 0.05) is 10.4 Å². The van der Waals surface area contributed by atoms with Crippen molar-refractivity contribution in [1.82, 2.24) is 0 Å². The fraction of sp³-hybridized carbons (Fsp3) is 0. The molecule has 2 rings (SSSR count). The maximum absolute atomic E-state index is 11.5. The molecule has 0 N–H and O–H groups in total. The van der Waals surface area contributed by atoms with E-state index in [-0.39, 0.29) is 48.9 Å². The molecule has 0 radical (unpaired) electrons. The fourth-order valence-electron chi connectivity index (χ4n) is 1.32. The van der Waals surface area contributed by atoms with Crippen LogP contribution in [0, 0.1) is 0 Å². The molecule has 8 nitrogen and oxygen atoms in total. The molecule has 0 aliphatic heterocycles. The van der Waals surface area contributed by atoms with Crippen LogP contribution in [0.1, 0.15) is 20.7 Å². The molecule has 0 saturated heterocycles. The van der Waals surface area contributed by atoms with Crippen LogP contribution in [0.25, 0.3) is 0 Å². The van der Waals surface area contributed by atoms with Gasteiger partial charge < -0.3 is 9.11 Å². The normalized spacial score (nSPS) is 9.58. The van der Waals surface area contributed by atoms with E-state index in [1.54, 1.807) is 60.7 Å². The molecule has 2 aromatic rings. The van der Waals surface area contributed by atoms with E-state index in [1.165, 1.54) is 0 Å². The first kappa shape index (κ1) is 22.8. The van der Waals surface area contributed by atoms with Gasteiger partial charge in [-0.1, -0.05) is 36.4 Å². The van der Waals surface area contributed by atoms with E-state index in [2.05, 4.69) is 9.78 Å². The number of rotatable bonds is 2. The summed E-state index contributed by atoms with van der Waals surface area (Å²) in [5, 5.41) is 0. The summed E-state index contributed by atoms with van der Waals surface area (Å²) in [5.74, 6) is -1.42. The smallest absolute Gasteiger partial charge is 0.759 e. The summed E-state index contributed by atoms with van der Waals surface area (Å²) in [6.07, 6.45) is 0. The number of carbonyl (C=O) groups excluding carboxylic acids is 2. The van der Waals surface area contributed by atoms with Gasteiger partial charge in [0.1, 0.15) is 0 Å². The summed E-state index contributed by atoms with van der Waals surface area (Å²) >= 11 is 0. The number of benzene rings is 2. The Labute approximate surface area is 178 Å². The topological polar surface area (TPSA) is 133 Å². The SMILES string of the molecule is O=C(OOC(=O)c1ccccc1)c1ccccc1.O=S(=O)([O-])[O-].[Ba+2]. The molecule has 0 amide bonds. The van der Waals surface area contributed by atoms with Crippen LogP contribution in [0.4, 0.5) is 0 Å². The molecular weight excluding hydrogens is 466 g/mol. The van der Waals surface area contributed by atoms with Gasteiger partial charge in [0.2, 0.25) is 0 Å². The number of hydrogen-bond acceptors (Lipinski definition) is 8. The van der Waals surface area contributed by atoms with Gasteiger partial charge in [0.25, 0.3) is 0 Å². The maximum atomic E-state index is 11.5. The molecule has 0 saturated carbocycles. The molecule has 0 heterocycles. The second-order valence-corrected chi connectivity index (χ2v) is 4.70. The van der Waals surface area contributed by atoms with E-state index in [0.717, 1.165) is 0 Å². The van der Waals surface area contributed by atoms with E-state index < -0.39 is 22.3 Å². The van der Waals surface area contributed by atoms with Crippen molar-refractivity contribution in [2.45, 2.75) is 0 Å². The van der Waals surface area contributed by atoms with Gasteiger partial charge in [-0.25, -0.2) is 19.4 Å². The Balaban J connectivity index is 0.000000777. The summed E-state index contributed by atoms with van der Waals surface area (Å²) in [5.41, 5.74) is 0.636. The maximum Gasteiger partial charge on any atom is 2.00 e. The van der Waals surface area contributed by atoms with Crippen molar-refractivity contribution in [2.75, 3.05) is 0 Å². The minimum Gasteiger partial charge on any atom is -0.759 e. The molecule has 0 fully saturated rings. The molecule has 0 unspecified atom stereocenters. The van der Waals surface area contributed by atoms with Crippen LogP contribution in [0.2, 0.25) is 0 Å². The summed E-state index contributed by atoms with van der Waals surface area (Å²) in [4.78, 5) is 31.9. The van der Waals surface area contributed by atoms with Gasteiger partial charge >= 0.3 is 60.8 Å². The third-order valence-electron chi connectivity index (χ3n) is 2.21. The zero-order valence-corrected chi connectivity index (χ0v) is 17.4. The van der Waals surface area contributed by atoms with Gasteiger partial charge in [-0.3, -0.25) is 8.42 Å². The van der Waals surface area contributed by atoms with Crippen molar-refractivity contribution in [1.29, 1.82) is 0 Å². The van der Waals surface area contributed by atoms with Gasteiger partial charge in [-0.15, -0.1) is 0 Å². The molecular formula is C14H10BaO8S. The van der Waals surface area contributed by atoms with Crippen molar-refractivity contribution in [3.05, 3.63) is 71.8 Å². The summed E-state index contributed by atoms with van der Waals surface area (Å²) in [7, 11) is -5.17. The van der Waals surface area contributed by atoms with E-state index in [9.17, 15) is 9.59 Å². The Morgan fingerprint density at radius 3 is 1.21 bits per heavy atom. The quantitative estimate of drug-likeness (QED) is 0.206. The van der Waals surface area contributed by atoms with Crippen molar-refractivity contribution in [3.63, 3.8) is 0 Å². The zero-order chi connectivity index (χ0) is 17.3. The van der Waals surface area contributed by atoms with Crippen LogP contribution in [-0.4, -0.2) is 78.3 Å². The van der Waals surface area contributed by atoms with Crippen molar-refractivity contribution in [2.24, 2.45) is 0 Å². The summed E-state index contributed by atoms with van der Waals surface area (Å²) in [6.45, 7) is 0. The Morgan fingerprint density at radius 1 is 0.708 bits per heavy atom. The van der Waals surface area contributed by atoms with Crippen LogP contribution in [0.5, 0.6) is 0 Å². The van der Waals surface area contributed by atoms with Gasteiger partial charge in [0.05, 0.1) is 11.1 Å². The molecule has 2 aromatic carbocycles. The minimum absolute atomic E-state index is 0. The standard InChI is InChI=1S/C14H10O4.Ba.H2O4S/c15-13(11-7-3-1-4-8-11)17-18-14(16)12-9-5-2-6-10-12;;1-5(2,3)4/h1-10H;;(H2,1,2,3,4)/q;+2;/p-2. The Kier molecular flexibility index (Phi) is 10.8. The van der Waals surface area contributed by atoms with E-state index in [4.69, 9.17) is 17.5 Å². The van der Waals surface area contributed by atoms with E-state index in [0.29, 0.717) is 11.1 Å². The molecule has 0 aromatic heterocycles. The third kappa shape index (κ3) is 10.6. The largest absolute Gasteiger partial charge is 2.00 e. The fourth-order valence-corrected chi connectivity index (χ4v) is 1.32. The van der Waals surface area contributed by atoms with Crippen molar-refractivity contribution < 1.29 is 36.9 Å². The van der Waals surface area contributed by atoms with E-state index in [1.807, 2.05) is 0 Å². The first-order chi connectivity index (χ1) is 10.8. The molecule has 0 spiro atoms. The Hall–Kier alpha value is -1.18. The minimum atomic E-state index is -5.17. The second-order valence-electron chi connectivity index (χ2n) is 3.88. The third-order valence-corrected chi connectivity index (χ3v) is 2.21. The molecule has 0 atom stereocenters.